The van der Waals surface area contributed by atoms with Gasteiger partial charge in [0, 0.05) is 10.9 Å². The summed E-state index contributed by atoms with van der Waals surface area (Å²) < 4.78 is 5.67. The lowest BCUT2D eigenvalue weighted by atomic mass is 9.95. The number of amides is 1. The maximum atomic E-state index is 12.4. The van der Waals surface area contributed by atoms with Crippen molar-refractivity contribution in [3.05, 3.63) is 65.2 Å². The van der Waals surface area contributed by atoms with E-state index in [9.17, 15) is 4.79 Å². The van der Waals surface area contributed by atoms with Crippen molar-refractivity contribution >= 4 is 27.9 Å². The number of carbonyl (C=O) groups excluding carboxylic acids is 1. The molecule has 2 N–H and O–H groups in total. The first kappa shape index (κ1) is 17.3. The number of hydrogen-bond donors (Lipinski definition) is 2. The number of carbonyl (C=O) groups is 1. The Kier molecular flexibility index (Phi) is 4.44. The Morgan fingerprint density at radius 3 is 2.85 bits per heavy atom. The van der Waals surface area contributed by atoms with Gasteiger partial charge in [0.1, 0.15) is 11.4 Å². The molecule has 0 aliphatic carbocycles. The fourth-order valence-corrected chi connectivity index (χ4v) is 3.51. The molecular formula is C22H23N3O2. The van der Waals surface area contributed by atoms with E-state index in [1.165, 1.54) is 11.1 Å². The van der Waals surface area contributed by atoms with Gasteiger partial charge >= 0.3 is 0 Å². The third-order valence-electron chi connectivity index (χ3n) is 4.91. The first-order valence-electron chi connectivity index (χ1n) is 9.22. The van der Waals surface area contributed by atoms with E-state index in [2.05, 4.69) is 48.2 Å². The van der Waals surface area contributed by atoms with Crippen LogP contribution in [0.4, 0.5) is 0 Å². The number of aromatic nitrogens is 2. The second-order valence-electron chi connectivity index (χ2n) is 7.27. The average Bonchev–Trinajstić information content (AvgIpc) is 3.22. The van der Waals surface area contributed by atoms with Crippen molar-refractivity contribution < 1.29 is 9.21 Å². The molecule has 5 nitrogen and oxygen atoms in total. The minimum atomic E-state index is -0.0511. The molecule has 0 fully saturated rings. The molecule has 0 spiro atoms. The second kappa shape index (κ2) is 6.91. The smallest absolute Gasteiger partial charge is 0.224 e. The fourth-order valence-electron chi connectivity index (χ4n) is 3.51. The van der Waals surface area contributed by atoms with Gasteiger partial charge in [-0.3, -0.25) is 4.79 Å². The number of aryl methyl sites for hydroxylation is 1. The molecule has 0 aliphatic rings. The summed E-state index contributed by atoms with van der Waals surface area (Å²) >= 11 is 0. The van der Waals surface area contributed by atoms with Gasteiger partial charge < -0.3 is 14.7 Å². The van der Waals surface area contributed by atoms with Crippen LogP contribution in [-0.4, -0.2) is 15.9 Å². The number of hydrogen-bond acceptors (Lipinski definition) is 3. The molecule has 2 heterocycles. The van der Waals surface area contributed by atoms with Crippen LogP contribution in [0.2, 0.25) is 0 Å². The van der Waals surface area contributed by atoms with E-state index in [0.717, 1.165) is 33.4 Å². The van der Waals surface area contributed by atoms with Gasteiger partial charge in [0.05, 0.1) is 30.3 Å². The predicted octanol–water partition coefficient (Wildman–Crippen LogP) is 4.60. The Hall–Kier alpha value is -3.08. The van der Waals surface area contributed by atoms with Crippen molar-refractivity contribution in [3.63, 3.8) is 0 Å². The maximum absolute atomic E-state index is 12.4. The van der Waals surface area contributed by atoms with E-state index >= 15 is 0 Å². The van der Waals surface area contributed by atoms with E-state index < -0.39 is 0 Å². The molecular weight excluding hydrogens is 338 g/mol. The van der Waals surface area contributed by atoms with Crippen LogP contribution in [0.5, 0.6) is 0 Å². The Morgan fingerprint density at radius 2 is 2.07 bits per heavy atom. The van der Waals surface area contributed by atoms with Gasteiger partial charge in [-0.1, -0.05) is 26.0 Å². The highest BCUT2D eigenvalue weighted by atomic mass is 16.3. The van der Waals surface area contributed by atoms with Crippen LogP contribution in [0.3, 0.4) is 0 Å². The number of H-pyrrole nitrogens is 1. The Bertz CT molecular complexity index is 1090. The van der Waals surface area contributed by atoms with Gasteiger partial charge in [-0.05, 0) is 48.2 Å². The van der Waals surface area contributed by atoms with Crippen molar-refractivity contribution in [1.29, 1.82) is 0 Å². The van der Waals surface area contributed by atoms with E-state index in [0.29, 0.717) is 12.5 Å². The van der Waals surface area contributed by atoms with E-state index in [1.807, 2.05) is 24.3 Å². The van der Waals surface area contributed by atoms with Gasteiger partial charge in [-0.15, -0.1) is 0 Å². The molecule has 4 rings (SSSR count). The molecule has 0 bridgehead atoms. The minimum Gasteiger partial charge on any atom is -0.464 e. The molecule has 0 atom stereocenters. The summed E-state index contributed by atoms with van der Waals surface area (Å²) in [6.45, 7) is 6.82. The van der Waals surface area contributed by atoms with Gasteiger partial charge in [-0.2, -0.15) is 0 Å². The number of benzene rings is 2. The highest BCUT2D eigenvalue weighted by molar-refractivity contribution is 5.88. The zero-order valence-corrected chi connectivity index (χ0v) is 15.8. The standard InChI is InChI=1S/C22H23N3O2/c1-13(2)16-10-17-15(12-27-20(17)8-14(16)3)9-22(26)23-11-21-24-18-6-4-5-7-19(18)25-21/h4-8,10,12-13H,9,11H2,1-3H3,(H,23,26)(H,24,25). The Labute approximate surface area is 157 Å². The number of imidazole rings is 1. The summed E-state index contributed by atoms with van der Waals surface area (Å²) in [4.78, 5) is 20.1. The van der Waals surface area contributed by atoms with Crippen LogP contribution < -0.4 is 5.32 Å². The lowest BCUT2D eigenvalue weighted by Crippen LogP contribution is -2.25. The summed E-state index contributed by atoms with van der Waals surface area (Å²) in [5.41, 5.74) is 6.12. The second-order valence-corrected chi connectivity index (χ2v) is 7.27. The molecule has 0 unspecified atom stereocenters. The molecule has 4 aromatic rings. The molecule has 0 saturated carbocycles. The number of rotatable bonds is 5. The molecule has 0 radical (unpaired) electrons. The number of fused-ring (bicyclic) bond motifs is 2. The van der Waals surface area contributed by atoms with Crippen LogP contribution in [0, 0.1) is 6.92 Å². The Morgan fingerprint density at radius 1 is 1.26 bits per heavy atom. The van der Waals surface area contributed by atoms with Crippen molar-refractivity contribution in [3.8, 4) is 0 Å². The van der Waals surface area contributed by atoms with Crippen molar-refractivity contribution in [2.24, 2.45) is 0 Å². The Balaban J connectivity index is 1.48. The summed E-state index contributed by atoms with van der Waals surface area (Å²) in [5, 5.41) is 3.95. The predicted molar refractivity (Wildman–Crippen MR) is 107 cm³/mol. The lowest BCUT2D eigenvalue weighted by molar-refractivity contribution is -0.120. The van der Waals surface area contributed by atoms with Crippen molar-refractivity contribution in [1.82, 2.24) is 15.3 Å². The highest BCUT2D eigenvalue weighted by Gasteiger charge is 2.14. The third kappa shape index (κ3) is 3.45. The first-order chi connectivity index (χ1) is 13.0. The summed E-state index contributed by atoms with van der Waals surface area (Å²) in [6.07, 6.45) is 1.98. The summed E-state index contributed by atoms with van der Waals surface area (Å²) in [7, 11) is 0. The van der Waals surface area contributed by atoms with E-state index in [1.54, 1.807) is 6.26 Å². The van der Waals surface area contributed by atoms with Crippen LogP contribution in [0.15, 0.2) is 47.1 Å². The molecule has 2 aromatic heterocycles. The first-order valence-corrected chi connectivity index (χ1v) is 9.22. The SMILES string of the molecule is Cc1cc2occ(CC(=O)NCc3nc4ccccc4[nH]3)c2cc1C(C)C. The third-order valence-corrected chi connectivity index (χ3v) is 4.91. The minimum absolute atomic E-state index is 0.0511. The normalized spacial score (nSPS) is 11.6. The van der Waals surface area contributed by atoms with Crippen LogP contribution in [-0.2, 0) is 17.8 Å². The zero-order valence-electron chi connectivity index (χ0n) is 15.8. The monoisotopic (exact) mass is 361 g/mol. The molecule has 0 saturated heterocycles. The molecule has 1 amide bonds. The number of aromatic amines is 1. The fraction of sp³-hybridized carbons (Fsp3) is 0.273. The quantitative estimate of drug-likeness (QED) is 0.546. The maximum Gasteiger partial charge on any atom is 0.224 e. The van der Waals surface area contributed by atoms with Gasteiger partial charge in [0.2, 0.25) is 5.91 Å². The summed E-state index contributed by atoms with van der Waals surface area (Å²) in [5.74, 6) is 1.13. The van der Waals surface area contributed by atoms with Gasteiger partial charge in [-0.25, -0.2) is 4.98 Å². The number of nitrogens with one attached hydrogen (secondary N) is 2. The largest absolute Gasteiger partial charge is 0.464 e. The topological polar surface area (TPSA) is 70.9 Å². The molecule has 5 heteroatoms. The molecule has 0 aliphatic heterocycles. The van der Waals surface area contributed by atoms with Crippen LogP contribution >= 0.6 is 0 Å². The molecule has 27 heavy (non-hydrogen) atoms. The van der Waals surface area contributed by atoms with Crippen LogP contribution in [0.1, 0.15) is 42.3 Å². The number of nitrogens with zero attached hydrogens (tertiary/aromatic N) is 1. The highest BCUT2D eigenvalue weighted by Crippen LogP contribution is 2.29. The van der Waals surface area contributed by atoms with Gasteiger partial charge in [0.25, 0.3) is 0 Å². The molecule has 138 valence electrons. The van der Waals surface area contributed by atoms with E-state index in [-0.39, 0.29) is 12.3 Å². The number of furan rings is 1. The van der Waals surface area contributed by atoms with Gasteiger partial charge in [0.15, 0.2) is 0 Å². The van der Waals surface area contributed by atoms with Crippen molar-refractivity contribution in [2.45, 2.75) is 39.7 Å². The van der Waals surface area contributed by atoms with Crippen molar-refractivity contribution in [2.75, 3.05) is 0 Å². The lowest BCUT2D eigenvalue weighted by Gasteiger charge is -2.10. The average molecular weight is 361 g/mol. The molecule has 2 aromatic carbocycles. The zero-order chi connectivity index (χ0) is 19.0. The van der Waals surface area contributed by atoms with Crippen LogP contribution in [0.25, 0.3) is 22.0 Å². The summed E-state index contributed by atoms with van der Waals surface area (Å²) in [6, 6.07) is 12.0. The van der Waals surface area contributed by atoms with E-state index in [4.69, 9.17) is 4.42 Å². The number of para-hydroxylation sites is 2.